The minimum Gasteiger partial charge on any atom is -0.497 e. The fourth-order valence-electron chi connectivity index (χ4n) is 1.94. The number of hydrogen-bond acceptors (Lipinski definition) is 3. The van der Waals surface area contributed by atoms with Crippen LogP contribution < -0.4 is 14.8 Å². The molecule has 8 heteroatoms. The second kappa shape index (κ2) is 8.11. The number of carbonyl (C=O) groups excluding carboxylic acids is 1. The minimum absolute atomic E-state index is 0.0254. The summed E-state index contributed by atoms with van der Waals surface area (Å²) in [7, 11) is 1.54. The lowest BCUT2D eigenvalue weighted by molar-refractivity contribution is -0.137. The van der Waals surface area contributed by atoms with Crippen molar-refractivity contribution in [2.75, 3.05) is 19.0 Å². The van der Waals surface area contributed by atoms with E-state index in [0.29, 0.717) is 11.5 Å². The summed E-state index contributed by atoms with van der Waals surface area (Å²) in [4.78, 5) is 11.9. The van der Waals surface area contributed by atoms with Crippen molar-refractivity contribution in [1.29, 1.82) is 0 Å². The monoisotopic (exact) mass is 373 g/mol. The van der Waals surface area contributed by atoms with Crippen LogP contribution in [0.2, 0.25) is 5.02 Å². The molecule has 0 radical (unpaired) electrons. The van der Waals surface area contributed by atoms with Gasteiger partial charge in [-0.05, 0) is 42.5 Å². The first-order chi connectivity index (χ1) is 11.8. The molecule has 0 saturated carbocycles. The van der Waals surface area contributed by atoms with E-state index in [1.165, 1.54) is 0 Å². The molecule has 0 atom stereocenters. The Morgan fingerprint density at radius 3 is 2.36 bits per heavy atom. The van der Waals surface area contributed by atoms with E-state index in [-0.39, 0.29) is 23.7 Å². The maximum Gasteiger partial charge on any atom is 0.416 e. The van der Waals surface area contributed by atoms with Gasteiger partial charge in [-0.2, -0.15) is 13.2 Å². The lowest BCUT2D eigenvalue weighted by Gasteiger charge is -2.12. The van der Waals surface area contributed by atoms with Crippen LogP contribution in [0.25, 0.3) is 0 Å². The van der Waals surface area contributed by atoms with E-state index < -0.39 is 17.6 Å². The second-order valence-electron chi connectivity index (χ2n) is 5.01. The van der Waals surface area contributed by atoms with Crippen molar-refractivity contribution in [3.63, 3.8) is 0 Å². The number of amides is 1. The third kappa shape index (κ3) is 5.56. The number of alkyl halides is 3. The standard InChI is InChI=1S/C17H15ClF3NO3/c1-24-12-3-5-13(6-4-12)25-9-8-16(23)22-15-10-11(17(19,20)21)2-7-14(15)18/h2-7,10H,8-9H2,1H3,(H,22,23). The number of anilines is 1. The summed E-state index contributed by atoms with van der Waals surface area (Å²) in [6, 6.07) is 9.51. The van der Waals surface area contributed by atoms with E-state index in [9.17, 15) is 18.0 Å². The van der Waals surface area contributed by atoms with Crippen molar-refractivity contribution >= 4 is 23.2 Å². The molecule has 0 aromatic heterocycles. The molecule has 1 N–H and O–H groups in total. The predicted octanol–water partition coefficient (Wildman–Crippen LogP) is 4.78. The lowest BCUT2D eigenvalue weighted by atomic mass is 10.2. The smallest absolute Gasteiger partial charge is 0.416 e. The molecule has 0 aliphatic carbocycles. The van der Waals surface area contributed by atoms with Gasteiger partial charge in [0.1, 0.15) is 11.5 Å². The molecular weight excluding hydrogens is 359 g/mol. The fourth-order valence-corrected chi connectivity index (χ4v) is 2.11. The Morgan fingerprint density at radius 2 is 1.76 bits per heavy atom. The van der Waals surface area contributed by atoms with Gasteiger partial charge in [-0.1, -0.05) is 11.6 Å². The van der Waals surface area contributed by atoms with Crippen LogP contribution in [0.4, 0.5) is 18.9 Å². The number of halogens is 4. The highest BCUT2D eigenvalue weighted by molar-refractivity contribution is 6.33. The molecule has 0 spiro atoms. The second-order valence-corrected chi connectivity index (χ2v) is 5.42. The number of carbonyl (C=O) groups is 1. The lowest BCUT2D eigenvalue weighted by Crippen LogP contribution is -2.16. The maximum atomic E-state index is 12.7. The summed E-state index contributed by atoms with van der Waals surface area (Å²) < 4.78 is 48.5. The number of hydrogen-bond donors (Lipinski definition) is 1. The molecule has 0 bridgehead atoms. The van der Waals surface area contributed by atoms with Gasteiger partial charge >= 0.3 is 6.18 Å². The van der Waals surface area contributed by atoms with Gasteiger partial charge < -0.3 is 14.8 Å². The molecule has 2 aromatic rings. The van der Waals surface area contributed by atoms with Crippen LogP contribution in [-0.4, -0.2) is 19.6 Å². The van der Waals surface area contributed by atoms with Gasteiger partial charge in [0.25, 0.3) is 0 Å². The first-order valence-corrected chi connectivity index (χ1v) is 7.61. The largest absolute Gasteiger partial charge is 0.497 e. The molecule has 0 saturated heterocycles. The van der Waals surface area contributed by atoms with Gasteiger partial charge in [0.15, 0.2) is 0 Å². The average Bonchev–Trinajstić information content (AvgIpc) is 2.56. The normalized spacial score (nSPS) is 11.1. The van der Waals surface area contributed by atoms with Crippen LogP contribution in [0.3, 0.4) is 0 Å². The van der Waals surface area contributed by atoms with Crippen molar-refractivity contribution in [2.45, 2.75) is 12.6 Å². The van der Waals surface area contributed by atoms with Crippen LogP contribution in [0.1, 0.15) is 12.0 Å². The Bertz CT molecular complexity index is 733. The molecular formula is C17H15ClF3NO3. The minimum atomic E-state index is -4.51. The quantitative estimate of drug-likeness (QED) is 0.793. The number of methoxy groups -OCH3 is 1. The molecule has 0 unspecified atom stereocenters. The number of benzene rings is 2. The van der Waals surface area contributed by atoms with E-state index in [2.05, 4.69) is 5.32 Å². The van der Waals surface area contributed by atoms with Crippen molar-refractivity contribution < 1.29 is 27.4 Å². The van der Waals surface area contributed by atoms with Crippen molar-refractivity contribution in [3.8, 4) is 11.5 Å². The van der Waals surface area contributed by atoms with Crippen LogP contribution in [-0.2, 0) is 11.0 Å². The van der Waals surface area contributed by atoms with Crippen LogP contribution in [0, 0.1) is 0 Å². The van der Waals surface area contributed by atoms with Crippen molar-refractivity contribution in [3.05, 3.63) is 53.1 Å². The first kappa shape index (κ1) is 18.9. The SMILES string of the molecule is COc1ccc(OCCC(=O)Nc2cc(C(F)(F)F)ccc2Cl)cc1. The molecule has 0 aliphatic rings. The molecule has 2 rings (SSSR count). The average molecular weight is 374 g/mol. The van der Waals surface area contributed by atoms with E-state index >= 15 is 0 Å². The number of nitrogens with one attached hydrogen (secondary N) is 1. The molecule has 25 heavy (non-hydrogen) atoms. The fraction of sp³-hybridized carbons (Fsp3) is 0.235. The van der Waals surface area contributed by atoms with Gasteiger partial charge in [0.05, 0.1) is 36.4 Å². The first-order valence-electron chi connectivity index (χ1n) is 7.23. The number of rotatable bonds is 6. The highest BCUT2D eigenvalue weighted by Crippen LogP contribution is 2.33. The van der Waals surface area contributed by atoms with Crippen LogP contribution in [0.15, 0.2) is 42.5 Å². The highest BCUT2D eigenvalue weighted by Gasteiger charge is 2.31. The molecule has 2 aromatic carbocycles. The van der Waals surface area contributed by atoms with Gasteiger partial charge in [-0.25, -0.2) is 0 Å². The summed E-state index contributed by atoms with van der Waals surface area (Å²) >= 11 is 5.82. The topological polar surface area (TPSA) is 47.6 Å². The molecule has 134 valence electrons. The predicted molar refractivity (Wildman–Crippen MR) is 88.2 cm³/mol. The zero-order valence-electron chi connectivity index (χ0n) is 13.2. The van der Waals surface area contributed by atoms with E-state index in [4.69, 9.17) is 21.1 Å². The summed E-state index contributed by atoms with van der Waals surface area (Å²) in [5, 5.41) is 2.38. The summed E-state index contributed by atoms with van der Waals surface area (Å²) in [6.45, 7) is 0.0642. The Kier molecular flexibility index (Phi) is 6.14. The van der Waals surface area contributed by atoms with Gasteiger partial charge in [-0.3, -0.25) is 4.79 Å². The maximum absolute atomic E-state index is 12.7. The summed E-state index contributed by atoms with van der Waals surface area (Å²) in [6.07, 6.45) is -4.56. The summed E-state index contributed by atoms with van der Waals surface area (Å²) in [5.41, 5.74) is -0.979. The van der Waals surface area contributed by atoms with Gasteiger partial charge in [0, 0.05) is 0 Å². The van der Waals surface area contributed by atoms with E-state index in [1.807, 2.05) is 0 Å². The highest BCUT2D eigenvalue weighted by atomic mass is 35.5. The molecule has 0 fully saturated rings. The van der Waals surface area contributed by atoms with Gasteiger partial charge in [0.2, 0.25) is 5.91 Å². The van der Waals surface area contributed by atoms with E-state index in [1.54, 1.807) is 31.4 Å². The number of ether oxygens (including phenoxy) is 2. The van der Waals surface area contributed by atoms with Crippen LogP contribution >= 0.6 is 11.6 Å². The Labute approximate surface area is 147 Å². The molecule has 0 aliphatic heterocycles. The molecule has 4 nitrogen and oxygen atoms in total. The molecule has 0 heterocycles. The van der Waals surface area contributed by atoms with Crippen molar-refractivity contribution in [1.82, 2.24) is 0 Å². The zero-order chi connectivity index (χ0) is 18.4. The van der Waals surface area contributed by atoms with Crippen molar-refractivity contribution in [2.24, 2.45) is 0 Å². The zero-order valence-corrected chi connectivity index (χ0v) is 13.9. The Hall–Kier alpha value is -2.41. The Balaban J connectivity index is 1.89. The summed E-state index contributed by atoms with van der Waals surface area (Å²) in [5.74, 6) is 0.713. The third-order valence-electron chi connectivity index (χ3n) is 3.23. The van der Waals surface area contributed by atoms with Gasteiger partial charge in [-0.15, -0.1) is 0 Å². The van der Waals surface area contributed by atoms with Crippen LogP contribution in [0.5, 0.6) is 11.5 Å². The third-order valence-corrected chi connectivity index (χ3v) is 3.55. The Morgan fingerprint density at radius 1 is 1.12 bits per heavy atom. The molecule has 1 amide bonds. The van der Waals surface area contributed by atoms with E-state index in [0.717, 1.165) is 18.2 Å².